The Labute approximate surface area is 185 Å². The topological polar surface area (TPSA) is 126 Å². The molecule has 9 nitrogen and oxygen atoms in total. The van der Waals surface area contributed by atoms with Gasteiger partial charge in [-0.3, -0.25) is 19.4 Å². The molecule has 32 heavy (non-hydrogen) atoms. The lowest BCUT2D eigenvalue weighted by molar-refractivity contribution is -0.197. The molecule has 1 aromatic heterocycles. The van der Waals surface area contributed by atoms with Gasteiger partial charge in [0.25, 0.3) is 11.8 Å². The molecule has 0 aliphatic carbocycles. The average Bonchev–Trinajstić information content (AvgIpc) is 3.11. The number of aliphatic hydroxyl groups excluding tert-OH is 1. The van der Waals surface area contributed by atoms with Crippen molar-refractivity contribution in [2.45, 2.75) is 44.6 Å². The van der Waals surface area contributed by atoms with E-state index in [0.717, 1.165) is 11.3 Å². The Morgan fingerprint density at radius 2 is 1.78 bits per heavy atom. The van der Waals surface area contributed by atoms with Crippen molar-refractivity contribution >= 4 is 29.3 Å². The van der Waals surface area contributed by atoms with Crippen LogP contribution in [0.4, 0.5) is 5.69 Å². The lowest BCUT2D eigenvalue weighted by Gasteiger charge is -2.12. The number of Topliss-reactive ketones (excluding diaryl/α,β-unsaturated/α-hetero) is 1. The van der Waals surface area contributed by atoms with Crippen LogP contribution < -0.4 is 5.32 Å². The third kappa shape index (κ3) is 6.71. The average molecular weight is 439 g/mol. The number of aromatic nitrogens is 1. The number of rotatable bonds is 11. The number of nitrogens with one attached hydrogen (secondary N) is 1. The Morgan fingerprint density at radius 3 is 2.44 bits per heavy atom. The second-order valence-electron chi connectivity index (χ2n) is 7.46. The van der Waals surface area contributed by atoms with E-state index >= 15 is 0 Å². The number of hydrogen-bond acceptors (Lipinski definition) is 8. The van der Waals surface area contributed by atoms with E-state index in [9.17, 15) is 24.3 Å². The smallest absolute Gasteiger partial charge is 0.333 e. The molecule has 0 saturated carbocycles. The maximum atomic E-state index is 12.0. The maximum Gasteiger partial charge on any atom is 0.333 e. The minimum absolute atomic E-state index is 0.0437. The summed E-state index contributed by atoms with van der Waals surface area (Å²) in [5.41, 5.74) is 2.32. The molecule has 2 N–H and O–H groups in total. The first-order valence-corrected chi connectivity index (χ1v) is 10.4. The number of hydroxylamine groups is 2. The number of nitrogens with zero attached hydrogens (tertiary/aromatic N) is 2. The number of carbonyl (C=O) groups excluding carboxylic acids is 4. The number of aliphatic hydroxyl groups is 1. The molecule has 0 radical (unpaired) electrons. The van der Waals surface area contributed by atoms with Gasteiger partial charge in [-0.25, -0.2) is 4.79 Å². The fourth-order valence-corrected chi connectivity index (χ4v) is 3.18. The number of imide groups is 1. The van der Waals surface area contributed by atoms with Crippen molar-refractivity contribution in [3.05, 3.63) is 59.9 Å². The second kappa shape index (κ2) is 11.1. The molecular formula is C23H25N3O6. The zero-order valence-corrected chi connectivity index (χ0v) is 17.5. The summed E-state index contributed by atoms with van der Waals surface area (Å²) in [6.07, 6.45) is 1.84. The predicted octanol–water partition coefficient (Wildman–Crippen LogP) is 2.12. The van der Waals surface area contributed by atoms with Gasteiger partial charge in [-0.2, -0.15) is 0 Å². The highest BCUT2D eigenvalue weighted by molar-refractivity contribution is 6.01. The summed E-state index contributed by atoms with van der Waals surface area (Å²) in [7, 11) is 0. The number of benzene rings is 1. The molecule has 9 heteroatoms. The zero-order valence-electron chi connectivity index (χ0n) is 17.5. The van der Waals surface area contributed by atoms with Gasteiger partial charge in [-0.1, -0.05) is 18.2 Å². The summed E-state index contributed by atoms with van der Waals surface area (Å²) < 4.78 is 0. The molecule has 0 spiro atoms. The largest absolute Gasteiger partial charge is 0.386 e. The SMILES string of the molecule is O=C(CCCC(=O)ON1C(=O)CCC1=O)CNc1ccc(CC(O)c2ccccn2)cc1. The van der Waals surface area contributed by atoms with Crippen LogP contribution in [0.1, 0.15) is 49.5 Å². The lowest BCUT2D eigenvalue weighted by atomic mass is 10.0. The number of ketones is 1. The van der Waals surface area contributed by atoms with Gasteiger partial charge in [0.2, 0.25) is 0 Å². The van der Waals surface area contributed by atoms with Crippen LogP contribution in [-0.4, -0.2) is 45.3 Å². The van der Waals surface area contributed by atoms with E-state index in [0.29, 0.717) is 17.2 Å². The maximum absolute atomic E-state index is 12.0. The summed E-state index contributed by atoms with van der Waals surface area (Å²) in [4.78, 5) is 55.5. The number of anilines is 1. The molecule has 1 aliphatic heterocycles. The van der Waals surface area contributed by atoms with Gasteiger partial charge < -0.3 is 15.3 Å². The molecule has 1 fully saturated rings. The first-order valence-electron chi connectivity index (χ1n) is 10.4. The van der Waals surface area contributed by atoms with E-state index in [2.05, 4.69) is 10.3 Å². The Kier molecular flexibility index (Phi) is 8.04. The Hall–Kier alpha value is -3.59. The molecule has 2 amide bonds. The summed E-state index contributed by atoms with van der Waals surface area (Å²) >= 11 is 0. The van der Waals surface area contributed by atoms with E-state index in [-0.39, 0.29) is 44.4 Å². The summed E-state index contributed by atoms with van der Waals surface area (Å²) in [5, 5.41) is 13.8. The molecule has 1 aromatic carbocycles. The fourth-order valence-electron chi connectivity index (χ4n) is 3.18. The first kappa shape index (κ1) is 23.1. The highest BCUT2D eigenvalue weighted by Crippen LogP contribution is 2.18. The summed E-state index contributed by atoms with van der Waals surface area (Å²) in [5.74, 6) is -1.85. The predicted molar refractivity (Wildman–Crippen MR) is 114 cm³/mol. The van der Waals surface area contributed by atoms with Crippen LogP contribution in [0, 0.1) is 0 Å². The lowest BCUT2D eigenvalue weighted by Crippen LogP contribution is -2.32. The minimum atomic E-state index is -0.710. The van der Waals surface area contributed by atoms with Gasteiger partial charge in [0.15, 0.2) is 5.78 Å². The zero-order chi connectivity index (χ0) is 22.9. The van der Waals surface area contributed by atoms with Crippen LogP contribution in [0.5, 0.6) is 0 Å². The van der Waals surface area contributed by atoms with Gasteiger partial charge in [0.1, 0.15) is 0 Å². The van der Waals surface area contributed by atoms with E-state index in [1.54, 1.807) is 18.3 Å². The highest BCUT2D eigenvalue weighted by Gasteiger charge is 2.32. The van der Waals surface area contributed by atoms with Gasteiger partial charge in [0.05, 0.1) is 18.3 Å². The normalized spacial score (nSPS) is 14.3. The Morgan fingerprint density at radius 1 is 1.06 bits per heavy atom. The molecule has 2 aromatic rings. The fraction of sp³-hybridized carbons (Fsp3) is 0.348. The van der Waals surface area contributed by atoms with E-state index in [1.165, 1.54) is 0 Å². The van der Waals surface area contributed by atoms with Crippen molar-refractivity contribution in [1.29, 1.82) is 0 Å². The van der Waals surface area contributed by atoms with Crippen molar-refractivity contribution in [3.63, 3.8) is 0 Å². The van der Waals surface area contributed by atoms with Crippen LogP contribution in [-0.2, 0) is 30.4 Å². The molecule has 168 valence electrons. The van der Waals surface area contributed by atoms with E-state index in [4.69, 9.17) is 4.84 Å². The van der Waals surface area contributed by atoms with E-state index in [1.807, 2.05) is 30.3 Å². The number of amides is 2. The third-order valence-corrected chi connectivity index (χ3v) is 4.94. The van der Waals surface area contributed by atoms with Gasteiger partial charge in [0, 0.05) is 44.0 Å². The van der Waals surface area contributed by atoms with Crippen LogP contribution in [0.15, 0.2) is 48.7 Å². The van der Waals surface area contributed by atoms with E-state index < -0.39 is 23.9 Å². The number of hydrogen-bond donors (Lipinski definition) is 2. The molecule has 3 rings (SSSR count). The number of carbonyl (C=O) groups is 4. The van der Waals surface area contributed by atoms with Gasteiger partial charge in [-0.15, -0.1) is 5.06 Å². The Balaban J connectivity index is 1.34. The van der Waals surface area contributed by atoms with Crippen LogP contribution in [0.3, 0.4) is 0 Å². The van der Waals surface area contributed by atoms with Crippen molar-refractivity contribution in [3.8, 4) is 0 Å². The van der Waals surface area contributed by atoms with Crippen LogP contribution >= 0.6 is 0 Å². The van der Waals surface area contributed by atoms with Crippen molar-refractivity contribution < 1.29 is 29.1 Å². The monoisotopic (exact) mass is 439 g/mol. The van der Waals surface area contributed by atoms with Crippen molar-refractivity contribution in [2.24, 2.45) is 0 Å². The summed E-state index contributed by atoms with van der Waals surface area (Å²) in [6, 6.07) is 12.8. The molecule has 2 heterocycles. The first-order chi connectivity index (χ1) is 15.4. The number of pyridine rings is 1. The van der Waals surface area contributed by atoms with Crippen molar-refractivity contribution in [2.75, 3.05) is 11.9 Å². The van der Waals surface area contributed by atoms with Crippen LogP contribution in [0.25, 0.3) is 0 Å². The Bertz CT molecular complexity index is 945. The molecule has 0 bridgehead atoms. The molecule has 1 saturated heterocycles. The van der Waals surface area contributed by atoms with Gasteiger partial charge in [-0.05, 0) is 36.2 Å². The van der Waals surface area contributed by atoms with Crippen LogP contribution in [0.2, 0.25) is 0 Å². The minimum Gasteiger partial charge on any atom is -0.386 e. The summed E-state index contributed by atoms with van der Waals surface area (Å²) in [6.45, 7) is 0.105. The highest BCUT2D eigenvalue weighted by atomic mass is 16.7. The second-order valence-corrected chi connectivity index (χ2v) is 7.46. The molecule has 1 aliphatic rings. The third-order valence-electron chi connectivity index (χ3n) is 4.94. The molecule has 1 atom stereocenters. The quantitative estimate of drug-likeness (QED) is 0.510. The standard InChI is InChI=1S/C23H25N3O6/c27-18(4-3-6-23(31)32-26-21(29)11-12-22(26)30)15-25-17-9-7-16(8-10-17)14-20(28)19-5-1-2-13-24-19/h1-2,5,7-10,13,20,25,28H,3-4,6,11-12,14-15H2. The molecule has 1 unspecified atom stereocenters. The van der Waals surface area contributed by atoms with Gasteiger partial charge >= 0.3 is 5.97 Å². The van der Waals surface area contributed by atoms with Crippen molar-refractivity contribution in [1.82, 2.24) is 10.0 Å². The molecular weight excluding hydrogens is 414 g/mol.